The van der Waals surface area contributed by atoms with Crippen LogP contribution in [0, 0.1) is 0 Å². The summed E-state index contributed by atoms with van der Waals surface area (Å²) in [5.41, 5.74) is 6.07. The van der Waals surface area contributed by atoms with Crippen LogP contribution in [0.25, 0.3) is 87.3 Å². The molecule has 252 valence electrons. The van der Waals surface area contributed by atoms with Crippen molar-refractivity contribution in [2.75, 3.05) is 0 Å². The van der Waals surface area contributed by atoms with Gasteiger partial charge < -0.3 is 4.57 Å². The third-order valence-corrected chi connectivity index (χ3v) is 14.1. The Kier molecular flexibility index (Phi) is 6.76. The topological polar surface area (TPSA) is 68.6 Å². The van der Waals surface area contributed by atoms with E-state index >= 15 is 4.57 Å². The minimum atomic E-state index is -3.28. The molecule has 0 fully saturated rings. The van der Waals surface area contributed by atoms with E-state index in [1.807, 2.05) is 42.6 Å². The summed E-state index contributed by atoms with van der Waals surface area (Å²) in [5, 5.41) is 13.6. The summed E-state index contributed by atoms with van der Waals surface area (Å²) in [6.07, 6.45) is 8.69. The Bertz CT molecular complexity index is 3270. The van der Waals surface area contributed by atoms with Gasteiger partial charge in [-0.15, -0.1) is 0 Å². The lowest BCUT2D eigenvalue weighted by atomic mass is 9.87. The highest BCUT2D eigenvalue weighted by atomic mass is 31.2. The van der Waals surface area contributed by atoms with Crippen molar-refractivity contribution in [2.45, 2.75) is 0 Å². The van der Waals surface area contributed by atoms with Crippen LogP contribution in [0.5, 0.6) is 0 Å². The van der Waals surface area contributed by atoms with Gasteiger partial charge in [-0.05, 0) is 96.7 Å². The van der Waals surface area contributed by atoms with Crippen LogP contribution >= 0.6 is 7.14 Å². The minimum absolute atomic E-state index is 0.741. The van der Waals surface area contributed by atoms with Gasteiger partial charge in [-0.25, -0.2) is 4.98 Å². The van der Waals surface area contributed by atoms with Gasteiger partial charge >= 0.3 is 0 Å². The van der Waals surface area contributed by atoms with Crippen LogP contribution in [0.2, 0.25) is 0 Å². The van der Waals surface area contributed by atoms with Crippen molar-refractivity contribution in [3.63, 3.8) is 0 Å². The van der Waals surface area contributed by atoms with Gasteiger partial charge in [0.15, 0.2) is 7.14 Å². The number of hydrogen-bond donors (Lipinski definition) is 0. The van der Waals surface area contributed by atoms with E-state index in [9.17, 15) is 0 Å². The quantitative estimate of drug-likeness (QED) is 0.132. The molecule has 0 aliphatic carbocycles. The highest BCUT2D eigenvalue weighted by Crippen LogP contribution is 2.47. The summed E-state index contributed by atoms with van der Waals surface area (Å²) >= 11 is 0. The normalized spacial score (nSPS) is 12.1. The average molecular weight is 709 g/mol. The zero-order chi connectivity index (χ0) is 35.8. The molecule has 5 nitrogen and oxygen atoms in total. The molecular weight excluding hydrogens is 680 g/mol. The number of hydrogen-bond acceptors (Lipinski definition) is 5. The summed E-state index contributed by atoms with van der Waals surface area (Å²) in [5.74, 6) is 0. The standard InChI is InChI=1S/C48H29N4OP/c53-54(34-21-26-49-27-22-34,35-23-28-50-29-24-35)44-20-18-37(36-5-1-2-6-40(36)44)38-14-9-30-12-17-42-39(15-10-31-11-16-41(38)45(30)46(31)42)43-19-13-33-8-7-32-4-3-25-51-47(32)48(33)52-43/h1-29H. The molecule has 4 aromatic heterocycles. The zero-order valence-corrected chi connectivity index (χ0v) is 29.8. The highest BCUT2D eigenvalue weighted by molar-refractivity contribution is 7.85. The van der Waals surface area contributed by atoms with Crippen molar-refractivity contribution in [1.82, 2.24) is 19.9 Å². The lowest BCUT2D eigenvalue weighted by Gasteiger charge is -2.23. The molecule has 0 amide bonds. The fourth-order valence-corrected chi connectivity index (χ4v) is 11.2. The van der Waals surface area contributed by atoms with Crippen LogP contribution in [0.4, 0.5) is 0 Å². The molecule has 0 saturated carbocycles. The molecule has 0 bridgehead atoms. The van der Waals surface area contributed by atoms with Crippen molar-refractivity contribution < 1.29 is 4.57 Å². The van der Waals surface area contributed by atoms with Gasteiger partial charge in [0.1, 0.15) is 0 Å². The summed E-state index contributed by atoms with van der Waals surface area (Å²) in [6.45, 7) is 0. The third kappa shape index (κ3) is 4.49. The first kappa shape index (κ1) is 30.8. The smallest absolute Gasteiger partial charge is 0.171 e. The van der Waals surface area contributed by atoms with Crippen LogP contribution in [0.15, 0.2) is 177 Å². The lowest BCUT2D eigenvalue weighted by molar-refractivity contribution is 0.592. The number of nitrogens with zero attached hydrogens (tertiary/aromatic N) is 4. The second-order valence-corrected chi connectivity index (χ2v) is 16.5. The van der Waals surface area contributed by atoms with Crippen LogP contribution in [-0.2, 0) is 4.57 Å². The van der Waals surface area contributed by atoms with E-state index in [0.29, 0.717) is 0 Å². The van der Waals surface area contributed by atoms with Crippen LogP contribution in [-0.4, -0.2) is 19.9 Å². The maximum Gasteiger partial charge on any atom is 0.171 e. The third-order valence-electron chi connectivity index (χ3n) is 11.0. The minimum Gasteiger partial charge on any atom is -0.309 e. The molecular formula is C48H29N4OP. The molecule has 11 aromatic rings. The first-order chi connectivity index (χ1) is 26.7. The fraction of sp³-hybridized carbons (Fsp3) is 0. The number of benzene rings is 7. The van der Waals surface area contributed by atoms with Gasteiger partial charge in [-0.2, -0.15) is 0 Å². The molecule has 0 atom stereocenters. The number of rotatable bonds is 5. The first-order valence-corrected chi connectivity index (χ1v) is 19.7. The molecule has 0 saturated heterocycles. The Morgan fingerprint density at radius 1 is 0.389 bits per heavy atom. The summed E-state index contributed by atoms with van der Waals surface area (Å²) in [4.78, 5) is 18.4. The predicted octanol–water partition coefficient (Wildman–Crippen LogP) is 10.6. The molecule has 0 N–H and O–H groups in total. The Labute approximate surface area is 310 Å². The largest absolute Gasteiger partial charge is 0.309 e. The van der Waals surface area contributed by atoms with E-state index in [1.54, 1.807) is 24.8 Å². The average Bonchev–Trinajstić information content (AvgIpc) is 3.25. The molecule has 0 aliphatic heterocycles. The van der Waals surface area contributed by atoms with Crippen LogP contribution in [0.3, 0.4) is 0 Å². The molecule has 0 radical (unpaired) electrons. The van der Waals surface area contributed by atoms with Gasteiger partial charge in [0.2, 0.25) is 0 Å². The van der Waals surface area contributed by atoms with E-state index in [2.05, 4.69) is 119 Å². The highest BCUT2D eigenvalue weighted by Gasteiger charge is 2.32. The summed E-state index contributed by atoms with van der Waals surface area (Å²) in [6, 6.07) is 50.4. The molecule has 0 spiro atoms. The van der Waals surface area contributed by atoms with Crippen molar-refractivity contribution in [1.29, 1.82) is 0 Å². The maximum atomic E-state index is 15.5. The van der Waals surface area contributed by atoms with E-state index in [1.165, 1.54) is 32.3 Å². The molecule has 6 heteroatoms. The first-order valence-electron chi connectivity index (χ1n) is 18.0. The molecule has 0 aliphatic rings. The monoisotopic (exact) mass is 708 g/mol. The van der Waals surface area contributed by atoms with E-state index in [-0.39, 0.29) is 0 Å². The van der Waals surface area contributed by atoms with Gasteiger partial charge in [0.05, 0.1) is 16.7 Å². The number of fused-ring (bicyclic) bond motifs is 4. The second kappa shape index (κ2) is 11.9. The Morgan fingerprint density at radius 2 is 0.926 bits per heavy atom. The Hall–Kier alpha value is -6.81. The van der Waals surface area contributed by atoms with Crippen molar-refractivity contribution in [2.24, 2.45) is 0 Å². The summed E-state index contributed by atoms with van der Waals surface area (Å²) in [7, 11) is -3.28. The number of aromatic nitrogens is 4. The van der Waals surface area contributed by atoms with E-state index in [4.69, 9.17) is 9.97 Å². The molecule has 7 aromatic carbocycles. The fourth-order valence-electron chi connectivity index (χ4n) is 8.46. The molecule has 11 rings (SSSR count). The SMILES string of the molecule is O=P(c1ccncc1)(c1ccncc1)c1ccc(-c2ccc3ccc4c(-c5ccc6ccc7cccnc7c6n5)ccc5ccc2c3c54)c2ccccc12. The van der Waals surface area contributed by atoms with Crippen molar-refractivity contribution >= 4 is 88.0 Å². The molecule has 54 heavy (non-hydrogen) atoms. The second-order valence-electron chi connectivity index (χ2n) is 13.8. The zero-order valence-electron chi connectivity index (χ0n) is 28.9. The Balaban J connectivity index is 1.14. The van der Waals surface area contributed by atoms with Crippen molar-refractivity contribution in [3.8, 4) is 22.4 Å². The predicted molar refractivity (Wildman–Crippen MR) is 224 cm³/mol. The van der Waals surface area contributed by atoms with Crippen LogP contribution < -0.4 is 15.9 Å². The van der Waals surface area contributed by atoms with Gasteiger partial charge in [0, 0.05) is 63.2 Å². The van der Waals surface area contributed by atoms with Gasteiger partial charge in [-0.1, -0.05) is 103 Å². The summed E-state index contributed by atoms with van der Waals surface area (Å²) < 4.78 is 15.5. The van der Waals surface area contributed by atoms with E-state index in [0.717, 1.165) is 70.9 Å². The van der Waals surface area contributed by atoms with E-state index < -0.39 is 7.14 Å². The molecule has 0 unspecified atom stereocenters. The Morgan fingerprint density at radius 3 is 1.63 bits per heavy atom. The van der Waals surface area contributed by atoms with Crippen molar-refractivity contribution in [3.05, 3.63) is 177 Å². The van der Waals surface area contributed by atoms with Crippen LogP contribution in [0.1, 0.15) is 0 Å². The molecule has 4 heterocycles. The number of pyridine rings is 4. The maximum absolute atomic E-state index is 15.5. The lowest BCUT2D eigenvalue weighted by Crippen LogP contribution is -2.26. The van der Waals surface area contributed by atoms with Gasteiger partial charge in [0.25, 0.3) is 0 Å². The van der Waals surface area contributed by atoms with Gasteiger partial charge in [-0.3, -0.25) is 15.0 Å².